The highest BCUT2D eigenvalue weighted by Crippen LogP contribution is 2.16. The van der Waals surface area contributed by atoms with Crippen molar-refractivity contribution >= 4 is 5.82 Å². The molecule has 0 saturated carbocycles. The number of aromatic nitrogens is 2. The van der Waals surface area contributed by atoms with Crippen LogP contribution in [0.4, 0.5) is 5.82 Å². The van der Waals surface area contributed by atoms with Crippen LogP contribution in [-0.2, 0) is 0 Å². The lowest BCUT2D eigenvalue weighted by Crippen LogP contribution is -2.25. The molecule has 0 fully saturated rings. The Kier molecular flexibility index (Phi) is 3.79. The maximum absolute atomic E-state index is 8.87. The van der Waals surface area contributed by atoms with Crippen LogP contribution in [0.1, 0.15) is 30.9 Å². The van der Waals surface area contributed by atoms with Gasteiger partial charge in [0.2, 0.25) is 0 Å². The van der Waals surface area contributed by atoms with Gasteiger partial charge in [0.15, 0.2) is 17.2 Å². The van der Waals surface area contributed by atoms with Crippen molar-refractivity contribution in [2.24, 2.45) is 0 Å². The van der Waals surface area contributed by atoms with Gasteiger partial charge in [-0.3, -0.25) is 0 Å². The van der Waals surface area contributed by atoms with E-state index in [-0.39, 0.29) is 11.4 Å². The summed E-state index contributed by atoms with van der Waals surface area (Å²) in [5.41, 5.74) is 0.866. The van der Waals surface area contributed by atoms with E-state index in [4.69, 9.17) is 10.5 Å². The van der Waals surface area contributed by atoms with E-state index in [1.165, 1.54) is 0 Å². The molecule has 0 aliphatic carbocycles. The Balaban J connectivity index is 3.34. The second-order valence-electron chi connectivity index (χ2n) is 3.23. The maximum Gasteiger partial charge on any atom is 0.179 e. The zero-order valence-electron chi connectivity index (χ0n) is 9.65. The predicted molar refractivity (Wildman–Crippen MR) is 59.8 cm³/mol. The van der Waals surface area contributed by atoms with Crippen LogP contribution in [0.5, 0.6) is 0 Å². The number of hydrogen-bond donors (Lipinski definition) is 0. The molecule has 0 amide bonds. The lowest BCUT2D eigenvalue weighted by molar-refractivity contribution is 0.827. The molecule has 0 bridgehead atoms. The SMILES string of the molecule is CCN(CC)c1nc(C#N)c(C#N)nc1C. The van der Waals surface area contributed by atoms with Gasteiger partial charge in [-0.2, -0.15) is 10.5 Å². The second kappa shape index (κ2) is 5.09. The number of nitriles is 2. The van der Waals surface area contributed by atoms with Crippen LogP contribution in [-0.4, -0.2) is 23.1 Å². The van der Waals surface area contributed by atoms with Crippen LogP contribution in [0.2, 0.25) is 0 Å². The molecule has 0 aliphatic heterocycles. The van der Waals surface area contributed by atoms with Gasteiger partial charge in [-0.15, -0.1) is 0 Å². The lowest BCUT2D eigenvalue weighted by Gasteiger charge is -2.21. The first-order chi connectivity index (χ1) is 7.67. The average molecular weight is 215 g/mol. The van der Waals surface area contributed by atoms with Gasteiger partial charge in [0, 0.05) is 13.1 Å². The summed E-state index contributed by atoms with van der Waals surface area (Å²) in [6, 6.07) is 3.77. The summed E-state index contributed by atoms with van der Waals surface area (Å²) in [7, 11) is 0. The molecule has 0 aliphatic rings. The second-order valence-corrected chi connectivity index (χ2v) is 3.23. The van der Waals surface area contributed by atoms with Gasteiger partial charge >= 0.3 is 0 Å². The summed E-state index contributed by atoms with van der Waals surface area (Å²) >= 11 is 0. The third kappa shape index (κ3) is 2.09. The fourth-order valence-corrected chi connectivity index (χ4v) is 1.49. The first-order valence-electron chi connectivity index (χ1n) is 5.11. The van der Waals surface area contributed by atoms with Crippen LogP contribution >= 0.6 is 0 Å². The average Bonchev–Trinajstić information content (AvgIpc) is 2.32. The van der Waals surface area contributed by atoms with Crippen LogP contribution in [0, 0.1) is 29.6 Å². The molecule has 1 heterocycles. The van der Waals surface area contributed by atoms with Gasteiger partial charge < -0.3 is 4.90 Å². The highest BCUT2D eigenvalue weighted by Gasteiger charge is 2.13. The highest BCUT2D eigenvalue weighted by molar-refractivity contribution is 5.48. The number of nitrogens with zero attached hydrogens (tertiary/aromatic N) is 5. The topological polar surface area (TPSA) is 76.6 Å². The van der Waals surface area contributed by atoms with Crippen LogP contribution in [0.25, 0.3) is 0 Å². The standard InChI is InChI=1S/C11H13N5/c1-4-16(5-2)11-8(3)14-9(6-12)10(7-13)15-11/h4-5H2,1-3H3. The van der Waals surface area contributed by atoms with Gasteiger partial charge in [0.25, 0.3) is 0 Å². The molecule has 16 heavy (non-hydrogen) atoms. The molecule has 5 nitrogen and oxygen atoms in total. The van der Waals surface area contributed by atoms with E-state index >= 15 is 0 Å². The van der Waals surface area contributed by atoms with Gasteiger partial charge in [-0.1, -0.05) is 0 Å². The predicted octanol–water partition coefficient (Wildman–Crippen LogP) is 1.37. The molecule has 0 aromatic carbocycles. The number of anilines is 1. The van der Waals surface area contributed by atoms with Crippen molar-refractivity contribution in [3.63, 3.8) is 0 Å². The van der Waals surface area contributed by atoms with Crippen molar-refractivity contribution in [2.45, 2.75) is 20.8 Å². The first kappa shape index (κ1) is 11.9. The fraction of sp³-hybridized carbons (Fsp3) is 0.455. The molecule has 0 atom stereocenters. The monoisotopic (exact) mass is 215 g/mol. The molecule has 0 saturated heterocycles. The summed E-state index contributed by atoms with van der Waals surface area (Å²) in [6.07, 6.45) is 0. The Bertz CT molecular complexity index is 462. The largest absolute Gasteiger partial charge is 0.356 e. The third-order valence-electron chi connectivity index (χ3n) is 2.32. The number of hydrogen-bond acceptors (Lipinski definition) is 5. The van der Waals surface area contributed by atoms with Crippen LogP contribution in [0.15, 0.2) is 0 Å². The Morgan fingerprint density at radius 1 is 1.06 bits per heavy atom. The summed E-state index contributed by atoms with van der Waals surface area (Å²) in [5, 5.41) is 17.7. The van der Waals surface area contributed by atoms with E-state index in [0.29, 0.717) is 11.5 Å². The van der Waals surface area contributed by atoms with Crippen molar-refractivity contribution in [1.82, 2.24) is 9.97 Å². The van der Waals surface area contributed by atoms with Crippen LogP contribution < -0.4 is 4.90 Å². The minimum atomic E-state index is 0.0926. The fourth-order valence-electron chi connectivity index (χ4n) is 1.49. The van der Waals surface area contributed by atoms with E-state index in [1.54, 1.807) is 6.92 Å². The van der Waals surface area contributed by atoms with Gasteiger partial charge in [0.1, 0.15) is 12.1 Å². The summed E-state index contributed by atoms with van der Waals surface area (Å²) < 4.78 is 0. The summed E-state index contributed by atoms with van der Waals surface area (Å²) in [4.78, 5) is 10.3. The Labute approximate surface area is 95.0 Å². The number of aryl methyl sites for hydroxylation is 1. The molecule has 1 aromatic rings. The Hall–Kier alpha value is -2.14. The smallest absolute Gasteiger partial charge is 0.179 e. The van der Waals surface area contributed by atoms with E-state index < -0.39 is 0 Å². The van der Waals surface area contributed by atoms with Crippen molar-refractivity contribution in [3.05, 3.63) is 17.1 Å². The Morgan fingerprint density at radius 2 is 1.56 bits per heavy atom. The number of rotatable bonds is 3. The van der Waals surface area contributed by atoms with E-state index in [0.717, 1.165) is 13.1 Å². The molecule has 0 radical (unpaired) electrons. The molecule has 5 heteroatoms. The third-order valence-corrected chi connectivity index (χ3v) is 2.32. The van der Waals surface area contributed by atoms with Gasteiger partial charge in [-0.05, 0) is 20.8 Å². The minimum absolute atomic E-state index is 0.0926. The quantitative estimate of drug-likeness (QED) is 0.761. The Morgan fingerprint density at radius 3 is 2.00 bits per heavy atom. The molecule has 1 rings (SSSR count). The van der Waals surface area contributed by atoms with Crippen LogP contribution in [0.3, 0.4) is 0 Å². The molecule has 82 valence electrons. The zero-order valence-corrected chi connectivity index (χ0v) is 9.65. The molecular formula is C11H13N5. The van der Waals surface area contributed by atoms with Crippen molar-refractivity contribution in [1.29, 1.82) is 10.5 Å². The summed E-state index contributed by atoms with van der Waals surface area (Å²) in [5.74, 6) is 0.681. The zero-order chi connectivity index (χ0) is 12.1. The van der Waals surface area contributed by atoms with Gasteiger partial charge in [0.05, 0.1) is 5.69 Å². The van der Waals surface area contributed by atoms with Gasteiger partial charge in [-0.25, -0.2) is 9.97 Å². The highest BCUT2D eigenvalue weighted by atomic mass is 15.2. The maximum atomic E-state index is 8.87. The molecule has 0 N–H and O–H groups in total. The summed E-state index contributed by atoms with van der Waals surface area (Å²) in [6.45, 7) is 7.40. The molecule has 0 spiro atoms. The molecule has 0 unspecified atom stereocenters. The van der Waals surface area contributed by atoms with E-state index in [1.807, 2.05) is 30.9 Å². The van der Waals surface area contributed by atoms with Crippen molar-refractivity contribution < 1.29 is 0 Å². The molecule has 1 aromatic heterocycles. The normalized spacial score (nSPS) is 9.31. The van der Waals surface area contributed by atoms with E-state index in [2.05, 4.69) is 9.97 Å². The molecular weight excluding hydrogens is 202 g/mol. The van der Waals surface area contributed by atoms with Crippen molar-refractivity contribution in [3.8, 4) is 12.1 Å². The lowest BCUT2D eigenvalue weighted by atomic mass is 10.3. The van der Waals surface area contributed by atoms with E-state index in [9.17, 15) is 0 Å². The van der Waals surface area contributed by atoms with Crippen molar-refractivity contribution in [2.75, 3.05) is 18.0 Å². The minimum Gasteiger partial charge on any atom is -0.356 e. The first-order valence-corrected chi connectivity index (χ1v) is 5.11.